The van der Waals surface area contributed by atoms with Crippen LogP contribution in [0.3, 0.4) is 0 Å². The van der Waals surface area contributed by atoms with Gasteiger partial charge in [-0.2, -0.15) is 0 Å². The normalized spacial score (nSPS) is 14.0. The predicted molar refractivity (Wildman–Crippen MR) is 88.9 cm³/mol. The number of hydrogen-bond donors (Lipinski definition) is 0. The van der Waals surface area contributed by atoms with Crippen LogP contribution in [0, 0.1) is 0 Å². The van der Waals surface area contributed by atoms with Crippen molar-refractivity contribution < 1.29 is 14.4 Å². The minimum Gasteiger partial charge on any atom is -0.336 e. The van der Waals surface area contributed by atoms with E-state index in [4.69, 9.17) is 23.2 Å². The molecule has 1 aromatic rings. The number of carbonyl (C=O) groups is 3. The molecule has 0 saturated carbocycles. The molecule has 0 spiro atoms. The Bertz CT molecular complexity index is 637. The number of fused-ring (bicyclic) bond motifs is 1. The van der Waals surface area contributed by atoms with Crippen molar-refractivity contribution in [3.05, 3.63) is 33.3 Å². The molecule has 5 nitrogen and oxygen atoms in total. The topological polar surface area (TPSA) is 57.7 Å². The second-order valence-corrected chi connectivity index (χ2v) is 6.81. The van der Waals surface area contributed by atoms with Gasteiger partial charge >= 0.3 is 0 Å². The molecule has 0 aromatic heterocycles. The van der Waals surface area contributed by atoms with Crippen molar-refractivity contribution in [1.82, 2.24) is 9.80 Å². The van der Waals surface area contributed by atoms with Crippen LogP contribution in [0.2, 0.25) is 10.0 Å². The fraction of sp³-hybridized carbons (Fsp3) is 0.438. The highest BCUT2D eigenvalue weighted by molar-refractivity contribution is 6.43. The molecule has 1 aliphatic heterocycles. The number of carbonyl (C=O) groups excluding carboxylic acids is 3. The molecule has 0 saturated heterocycles. The second-order valence-electron chi connectivity index (χ2n) is 6.00. The summed E-state index contributed by atoms with van der Waals surface area (Å²) < 4.78 is 0. The zero-order valence-corrected chi connectivity index (χ0v) is 14.9. The molecule has 23 heavy (non-hydrogen) atoms. The second kappa shape index (κ2) is 6.49. The molecule has 0 atom stereocenters. The van der Waals surface area contributed by atoms with Crippen LogP contribution in [0.15, 0.2) is 12.1 Å². The first-order valence-corrected chi connectivity index (χ1v) is 8.07. The molecule has 7 heteroatoms. The van der Waals surface area contributed by atoms with E-state index >= 15 is 0 Å². The number of amides is 3. The Morgan fingerprint density at radius 1 is 1.00 bits per heavy atom. The van der Waals surface area contributed by atoms with Crippen LogP contribution in [-0.2, 0) is 4.79 Å². The number of halogens is 2. The zero-order chi connectivity index (χ0) is 17.5. The Morgan fingerprint density at radius 3 is 1.74 bits per heavy atom. The lowest BCUT2D eigenvalue weighted by Crippen LogP contribution is -2.48. The molecule has 3 amide bonds. The number of nitrogens with zero attached hydrogens (tertiary/aromatic N) is 2. The smallest absolute Gasteiger partial charge is 0.262 e. The lowest BCUT2D eigenvalue weighted by molar-refractivity contribution is -0.135. The van der Waals surface area contributed by atoms with Gasteiger partial charge in [-0.15, -0.1) is 0 Å². The number of benzene rings is 1. The highest BCUT2D eigenvalue weighted by Gasteiger charge is 2.38. The Balaban J connectivity index is 2.28. The van der Waals surface area contributed by atoms with Crippen molar-refractivity contribution in [2.75, 3.05) is 6.54 Å². The van der Waals surface area contributed by atoms with Gasteiger partial charge in [0.25, 0.3) is 11.8 Å². The summed E-state index contributed by atoms with van der Waals surface area (Å²) in [6, 6.07) is 2.68. The summed E-state index contributed by atoms with van der Waals surface area (Å²) in [7, 11) is 0. The van der Waals surface area contributed by atoms with Gasteiger partial charge in [-0.05, 0) is 39.8 Å². The molecule has 1 aromatic carbocycles. The van der Waals surface area contributed by atoms with Crippen molar-refractivity contribution in [1.29, 1.82) is 0 Å². The van der Waals surface area contributed by atoms with E-state index in [2.05, 4.69) is 0 Å². The van der Waals surface area contributed by atoms with E-state index in [-0.39, 0.29) is 45.7 Å². The summed E-state index contributed by atoms with van der Waals surface area (Å²) in [5.41, 5.74) is 0.357. The number of imide groups is 1. The predicted octanol–water partition coefficient (Wildman–Crippen LogP) is 3.23. The first kappa shape index (κ1) is 17.8. The van der Waals surface area contributed by atoms with Crippen molar-refractivity contribution in [2.24, 2.45) is 0 Å². The van der Waals surface area contributed by atoms with Crippen LogP contribution >= 0.6 is 23.2 Å². The van der Waals surface area contributed by atoms with E-state index in [0.717, 1.165) is 4.90 Å². The van der Waals surface area contributed by atoms with Crippen molar-refractivity contribution >= 4 is 40.9 Å². The summed E-state index contributed by atoms with van der Waals surface area (Å²) in [6.07, 6.45) is 0. The summed E-state index contributed by atoms with van der Waals surface area (Å²) in [6.45, 7) is 7.26. The lowest BCUT2D eigenvalue weighted by atomic mass is 10.1. The van der Waals surface area contributed by atoms with Crippen molar-refractivity contribution in [2.45, 2.75) is 39.8 Å². The maximum Gasteiger partial charge on any atom is 0.262 e. The van der Waals surface area contributed by atoms with Crippen LogP contribution in [0.5, 0.6) is 0 Å². The van der Waals surface area contributed by atoms with Crippen LogP contribution < -0.4 is 0 Å². The van der Waals surface area contributed by atoms with Crippen LogP contribution in [0.4, 0.5) is 0 Å². The number of hydrogen-bond acceptors (Lipinski definition) is 3. The average Bonchev–Trinajstić information content (AvgIpc) is 2.64. The third kappa shape index (κ3) is 3.21. The van der Waals surface area contributed by atoms with E-state index in [1.54, 1.807) is 4.90 Å². The molecule has 0 radical (unpaired) electrons. The Kier molecular flexibility index (Phi) is 5.01. The van der Waals surface area contributed by atoms with Gasteiger partial charge in [0.15, 0.2) is 0 Å². The van der Waals surface area contributed by atoms with Gasteiger partial charge in [0.2, 0.25) is 5.91 Å². The fourth-order valence-electron chi connectivity index (χ4n) is 2.82. The van der Waals surface area contributed by atoms with Gasteiger partial charge in [0.05, 0.1) is 21.2 Å². The highest BCUT2D eigenvalue weighted by atomic mass is 35.5. The van der Waals surface area contributed by atoms with E-state index < -0.39 is 11.8 Å². The lowest BCUT2D eigenvalue weighted by Gasteiger charge is -2.32. The standard InChI is InChI=1S/C16H18Cl2N2O3/c1-8(2)20(9(3)4)14(21)7-19-15(22)10-5-12(17)13(18)6-11(10)16(19)23/h5-6,8-9H,7H2,1-4H3. The first-order valence-electron chi connectivity index (χ1n) is 7.31. The molecule has 1 aliphatic rings. The SMILES string of the molecule is CC(C)N(C(=O)CN1C(=O)c2cc(Cl)c(Cl)cc2C1=O)C(C)C. The van der Waals surface area contributed by atoms with Gasteiger partial charge < -0.3 is 4.90 Å². The van der Waals surface area contributed by atoms with E-state index in [1.807, 2.05) is 27.7 Å². The molecular formula is C16H18Cl2N2O3. The van der Waals surface area contributed by atoms with Crippen molar-refractivity contribution in [3.63, 3.8) is 0 Å². The largest absolute Gasteiger partial charge is 0.336 e. The molecule has 1 heterocycles. The molecule has 0 bridgehead atoms. The number of rotatable bonds is 4. The summed E-state index contributed by atoms with van der Waals surface area (Å²) in [5, 5.41) is 0.400. The Morgan fingerprint density at radius 2 is 1.39 bits per heavy atom. The molecular weight excluding hydrogens is 339 g/mol. The molecule has 0 aliphatic carbocycles. The van der Waals surface area contributed by atoms with E-state index in [0.29, 0.717) is 0 Å². The maximum absolute atomic E-state index is 12.5. The Labute approximate surface area is 145 Å². The Hall–Kier alpha value is -1.59. The van der Waals surface area contributed by atoms with Crippen LogP contribution in [-0.4, -0.2) is 46.1 Å². The van der Waals surface area contributed by atoms with Crippen molar-refractivity contribution in [3.8, 4) is 0 Å². The fourth-order valence-corrected chi connectivity index (χ4v) is 3.14. The summed E-state index contributed by atoms with van der Waals surface area (Å²) in [4.78, 5) is 39.9. The molecule has 2 rings (SSSR count). The molecule has 0 unspecified atom stereocenters. The molecule has 0 N–H and O–H groups in total. The van der Waals surface area contributed by atoms with E-state index in [1.165, 1.54) is 12.1 Å². The first-order chi connectivity index (χ1) is 10.6. The van der Waals surface area contributed by atoms with Crippen LogP contribution in [0.25, 0.3) is 0 Å². The quantitative estimate of drug-likeness (QED) is 0.778. The van der Waals surface area contributed by atoms with Gasteiger partial charge in [0.1, 0.15) is 6.54 Å². The van der Waals surface area contributed by atoms with E-state index in [9.17, 15) is 14.4 Å². The summed E-state index contributed by atoms with van der Waals surface area (Å²) in [5.74, 6) is -1.32. The van der Waals surface area contributed by atoms with Gasteiger partial charge in [-0.25, -0.2) is 0 Å². The average molecular weight is 357 g/mol. The third-order valence-corrected chi connectivity index (χ3v) is 4.43. The minimum atomic E-state index is -0.524. The molecule has 124 valence electrons. The van der Waals surface area contributed by atoms with Gasteiger partial charge in [-0.1, -0.05) is 23.2 Å². The maximum atomic E-state index is 12.5. The van der Waals surface area contributed by atoms with Crippen LogP contribution in [0.1, 0.15) is 48.4 Å². The molecule has 0 fully saturated rings. The third-order valence-electron chi connectivity index (χ3n) is 3.71. The minimum absolute atomic E-state index is 0.0263. The van der Waals surface area contributed by atoms with Gasteiger partial charge in [0, 0.05) is 12.1 Å². The summed E-state index contributed by atoms with van der Waals surface area (Å²) >= 11 is 11.8. The monoisotopic (exact) mass is 356 g/mol. The highest BCUT2D eigenvalue weighted by Crippen LogP contribution is 2.31. The van der Waals surface area contributed by atoms with Gasteiger partial charge in [-0.3, -0.25) is 19.3 Å². The zero-order valence-electron chi connectivity index (χ0n) is 13.4.